The van der Waals surface area contributed by atoms with E-state index in [0.717, 1.165) is 5.56 Å². The van der Waals surface area contributed by atoms with Crippen LogP contribution in [0.5, 0.6) is 5.88 Å². The van der Waals surface area contributed by atoms with Gasteiger partial charge in [0.1, 0.15) is 17.5 Å². The van der Waals surface area contributed by atoms with Gasteiger partial charge in [-0.1, -0.05) is 12.1 Å². The lowest BCUT2D eigenvalue weighted by molar-refractivity contribution is -0.159. The lowest BCUT2D eigenvalue weighted by Gasteiger charge is -2.35. The Hall–Kier alpha value is -3.58. The fourth-order valence-electron chi connectivity index (χ4n) is 5.36. The number of halogens is 4. The van der Waals surface area contributed by atoms with Crippen molar-refractivity contribution in [3.63, 3.8) is 0 Å². The average molecular weight is 578 g/mol. The fourth-order valence-corrected chi connectivity index (χ4v) is 5.36. The zero-order valence-electron chi connectivity index (χ0n) is 22.9. The molecule has 0 radical (unpaired) electrons. The van der Waals surface area contributed by atoms with Gasteiger partial charge >= 0.3 is 6.18 Å². The molecule has 41 heavy (non-hydrogen) atoms. The lowest BCUT2D eigenvalue weighted by Crippen LogP contribution is -2.47. The molecule has 2 saturated heterocycles. The second-order valence-electron chi connectivity index (χ2n) is 10.2. The first-order valence-corrected chi connectivity index (χ1v) is 13.4. The molecule has 2 atom stereocenters. The number of benzene rings is 1. The number of methoxy groups -OCH3 is 1. The Morgan fingerprint density at radius 1 is 1.17 bits per heavy atom. The van der Waals surface area contributed by atoms with Crippen molar-refractivity contribution in [3.8, 4) is 5.88 Å². The first-order chi connectivity index (χ1) is 19.6. The largest absolute Gasteiger partial charge is 0.481 e. The van der Waals surface area contributed by atoms with Crippen molar-refractivity contribution < 1.29 is 36.6 Å². The van der Waals surface area contributed by atoms with Crippen molar-refractivity contribution in [1.29, 1.82) is 0 Å². The molecule has 2 aromatic heterocycles. The summed E-state index contributed by atoms with van der Waals surface area (Å²) in [5.41, 5.74) is -0.332. The third-order valence-electron chi connectivity index (χ3n) is 7.48. The van der Waals surface area contributed by atoms with Crippen molar-refractivity contribution in [2.75, 3.05) is 45.3 Å². The molecule has 9 nitrogen and oxygen atoms in total. The number of carbonyl (C=O) groups excluding carboxylic acids is 1. The van der Waals surface area contributed by atoms with E-state index in [9.17, 15) is 22.4 Å². The van der Waals surface area contributed by atoms with Crippen molar-refractivity contribution in [2.24, 2.45) is 0 Å². The molecule has 220 valence electrons. The number of hydrogen-bond donors (Lipinski definition) is 1. The van der Waals surface area contributed by atoms with Gasteiger partial charge in [-0.05, 0) is 44.7 Å². The molecule has 0 unspecified atom stereocenters. The molecule has 2 aliphatic rings. The number of carbonyl (C=O) groups is 1. The number of fused-ring (bicyclic) bond motifs is 1. The van der Waals surface area contributed by atoms with Gasteiger partial charge in [-0.2, -0.15) is 18.2 Å². The molecule has 0 saturated carbocycles. The predicted octanol–water partition coefficient (Wildman–Crippen LogP) is 4.79. The van der Waals surface area contributed by atoms with E-state index >= 15 is 0 Å². The van der Waals surface area contributed by atoms with Crippen LogP contribution in [0.25, 0.3) is 11.0 Å². The fraction of sp³-hybridized carbons (Fsp3) is 0.500. The van der Waals surface area contributed by atoms with Crippen LogP contribution in [0.4, 0.5) is 23.4 Å². The van der Waals surface area contributed by atoms with Crippen LogP contribution in [0.1, 0.15) is 54.2 Å². The molecule has 2 fully saturated rings. The highest BCUT2D eigenvalue weighted by Crippen LogP contribution is 2.38. The maximum Gasteiger partial charge on any atom is 0.419 e. The van der Waals surface area contributed by atoms with Crippen LogP contribution in [0, 0.1) is 12.7 Å². The van der Waals surface area contributed by atoms with E-state index in [1.54, 1.807) is 18.7 Å². The smallest absolute Gasteiger partial charge is 0.419 e. The third kappa shape index (κ3) is 6.05. The maximum atomic E-state index is 14.9. The van der Waals surface area contributed by atoms with E-state index in [2.05, 4.69) is 20.3 Å². The number of pyridine rings is 1. The normalized spacial score (nSPS) is 19.3. The van der Waals surface area contributed by atoms with E-state index < -0.39 is 29.7 Å². The molecular weight excluding hydrogens is 546 g/mol. The summed E-state index contributed by atoms with van der Waals surface area (Å²) in [4.78, 5) is 28.1. The first-order valence-electron chi connectivity index (χ1n) is 13.4. The number of aromatic nitrogens is 3. The van der Waals surface area contributed by atoms with Gasteiger partial charge in [0.15, 0.2) is 11.8 Å². The Balaban J connectivity index is 1.41. The van der Waals surface area contributed by atoms with Gasteiger partial charge in [0.25, 0.3) is 5.91 Å². The van der Waals surface area contributed by atoms with Crippen molar-refractivity contribution in [2.45, 2.75) is 50.9 Å². The number of nitrogens with one attached hydrogen (secondary N) is 1. The predicted molar refractivity (Wildman–Crippen MR) is 141 cm³/mol. The number of ether oxygens (including phenoxy) is 3. The number of amides is 1. The molecule has 1 N–H and O–H groups in total. The van der Waals surface area contributed by atoms with Gasteiger partial charge < -0.3 is 24.4 Å². The third-order valence-corrected chi connectivity index (χ3v) is 7.48. The van der Waals surface area contributed by atoms with Crippen molar-refractivity contribution in [3.05, 3.63) is 52.6 Å². The van der Waals surface area contributed by atoms with Crippen LogP contribution in [-0.4, -0.2) is 71.9 Å². The molecule has 2 aliphatic heterocycles. The monoisotopic (exact) mass is 577 g/mol. The second-order valence-corrected chi connectivity index (χ2v) is 10.2. The number of aryl methyl sites for hydroxylation is 1. The number of nitrogens with zero attached hydrogens (tertiary/aromatic N) is 4. The summed E-state index contributed by atoms with van der Waals surface area (Å²) < 4.78 is 71.3. The van der Waals surface area contributed by atoms with Gasteiger partial charge in [-0.15, -0.1) is 0 Å². The van der Waals surface area contributed by atoms with Crippen LogP contribution in [0.3, 0.4) is 0 Å². The Morgan fingerprint density at radius 3 is 2.59 bits per heavy atom. The van der Waals surface area contributed by atoms with E-state index in [1.807, 2.05) is 6.07 Å². The van der Waals surface area contributed by atoms with Gasteiger partial charge in [0, 0.05) is 24.2 Å². The maximum absolute atomic E-state index is 14.9. The van der Waals surface area contributed by atoms with E-state index in [-0.39, 0.29) is 24.0 Å². The van der Waals surface area contributed by atoms with Gasteiger partial charge in [-0.25, -0.2) is 14.4 Å². The highest BCUT2D eigenvalue weighted by molar-refractivity contribution is 5.88. The number of piperidine rings is 1. The molecule has 13 heteroatoms. The Morgan fingerprint density at radius 2 is 1.93 bits per heavy atom. The summed E-state index contributed by atoms with van der Waals surface area (Å²) in [7, 11) is 1.52. The summed E-state index contributed by atoms with van der Waals surface area (Å²) in [6, 6.07) is 4.22. The number of anilines is 1. The summed E-state index contributed by atoms with van der Waals surface area (Å²) >= 11 is 0. The number of likely N-dealkylation sites (tertiary alicyclic amines) is 1. The van der Waals surface area contributed by atoms with Crippen LogP contribution >= 0.6 is 0 Å². The van der Waals surface area contributed by atoms with E-state index in [4.69, 9.17) is 14.2 Å². The summed E-state index contributed by atoms with van der Waals surface area (Å²) in [5.74, 6) is -0.316. The van der Waals surface area contributed by atoms with E-state index in [0.29, 0.717) is 73.8 Å². The topological polar surface area (TPSA) is 98.7 Å². The van der Waals surface area contributed by atoms with Crippen molar-refractivity contribution in [1.82, 2.24) is 19.9 Å². The molecule has 4 heterocycles. The Labute approximate surface area is 234 Å². The van der Waals surface area contributed by atoms with Crippen LogP contribution < -0.4 is 10.1 Å². The molecule has 3 aromatic rings. The SMILES string of the molecule is COc1nc2nc(C)nc(N[C@H](C)c3cccc(C(F)(F)F)c3F)c2cc1C1CCN(C(=O)[C@@H]2COCCO2)CC1. The standard InChI is InChI=1S/C28H31F4N5O4/c1-15(18-5-4-6-21(23(18)29)28(30,31)32)33-24-20-13-19(26(39-3)36-25(20)35-16(2)34-24)17-7-9-37(10-8-17)27(38)22-14-40-11-12-41-22/h4-6,13,15,17,22H,7-12,14H2,1-3H3,(H,33,34,35,36)/t15-,22+/m1/s1. The van der Waals surface area contributed by atoms with Gasteiger partial charge in [0.2, 0.25) is 5.88 Å². The van der Waals surface area contributed by atoms with Gasteiger partial charge in [0.05, 0.1) is 43.9 Å². The van der Waals surface area contributed by atoms with Crippen LogP contribution in [0.2, 0.25) is 0 Å². The molecular formula is C28H31F4N5O4. The first kappa shape index (κ1) is 28.9. The number of rotatable bonds is 6. The highest BCUT2D eigenvalue weighted by Gasteiger charge is 2.36. The zero-order valence-corrected chi connectivity index (χ0v) is 22.9. The van der Waals surface area contributed by atoms with Gasteiger partial charge in [-0.3, -0.25) is 4.79 Å². The average Bonchev–Trinajstić information content (AvgIpc) is 2.96. The molecule has 0 bridgehead atoms. The highest BCUT2D eigenvalue weighted by atomic mass is 19.4. The second kappa shape index (κ2) is 11.7. The zero-order chi connectivity index (χ0) is 29.3. The molecule has 1 amide bonds. The van der Waals surface area contributed by atoms with E-state index in [1.165, 1.54) is 19.2 Å². The van der Waals surface area contributed by atoms with Crippen LogP contribution in [-0.2, 0) is 20.4 Å². The van der Waals surface area contributed by atoms with Crippen molar-refractivity contribution >= 4 is 22.8 Å². The molecule has 0 aliphatic carbocycles. The molecule has 1 aromatic carbocycles. The lowest BCUT2D eigenvalue weighted by atomic mass is 9.89. The minimum Gasteiger partial charge on any atom is -0.481 e. The molecule has 5 rings (SSSR count). The molecule has 0 spiro atoms. The number of hydrogen-bond acceptors (Lipinski definition) is 8. The number of alkyl halides is 3. The quantitative estimate of drug-likeness (QED) is 0.418. The minimum absolute atomic E-state index is 0.0157. The Kier molecular flexibility index (Phi) is 8.28. The summed E-state index contributed by atoms with van der Waals surface area (Å²) in [6.07, 6.45) is -4.09. The Bertz CT molecular complexity index is 1420. The van der Waals surface area contributed by atoms with Crippen LogP contribution in [0.15, 0.2) is 24.3 Å². The summed E-state index contributed by atoms with van der Waals surface area (Å²) in [5, 5.41) is 3.59. The minimum atomic E-state index is -4.81. The summed E-state index contributed by atoms with van der Waals surface area (Å²) in [6.45, 7) is 5.39.